The molecule has 8 heteroatoms. The van der Waals surface area contributed by atoms with E-state index in [4.69, 9.17) is 0 Å². The molecule has 0 saturated heterocycles. The van der Waals surface area contributed by atoms with Gasteiger partial charge in [0.25, 0.3) is 0 Å². The lowest BCUT2D eigenvalue weighted by atomic mass is 10.1. The molecule has 1 N–H and O–H groups in total. The summed E-state index contributed by atoms with van der Waals surface area (Å²) >= 11 is 0. The van der Waals surface area contributed by atoms with Crippen LogP contribution in [0.1, 0.15) is 37.1 Å². The van der Waals surface area contributed by atoms with Gasteiger partial charge in [-0.3, -0.25) is 0 Å². The van der Waals surface area contributed by atoms with E-state index in [1.807, 2.05) is 25.5 Å². The maximum atomic E-state index is 13.9. The van der Waals surface area contributed by atoms with Gasteiger partial charge in [-0.15, -0.1) is 10.2 Å². The van der Waals surface area contributed by atoms with Crippen LogP contribution in [0.3, 0.4) is 0 Å². The van der Waals surface area contributed by atoms with E-state index >= 15 is 0 Å². The smallest absolute Gasteiger partial charge is 0.178 e. The van der Waals surface area contributed by atoms with Crippen LogP contribution in [0.5, 0.6) is 0 Å². The molecule has 2 rings (SSSR count). The van der Waals surface area contributed by atoms with Crippen LogP contribution in [-0.2, 0) is 29.9 Å². The fourth-order valence-electron chi connectivity index (χ4n) is 2.31. The molecule has 0 aliphatic rings. The molecule has 0 bridgehead atoms. The Kier molecular flexibility index (Phi) is 5.16. The van der Waals surface area contributed by atoms with Crippen LogP contribution in [0.15, 0.2) is 23.1 Å². The minimum atomic E-state index is -3.55. The average molecular weight is 340 g/mol. The molecule has 0 amide bonds. The topological polar surface area (TPSA) is 76.9 Å². The molecule has 126 valence electrons. The van der Waals surface area contributed by atoms with Gasteiger partial charge in [0.1, 0.15) is 22.4 Å². The minimum Gasteiger partial charge on any atom is -0.317 e. The molecule has 1 atom stereocenters. The van der Waals surface area contributed by atoms with E-state index in [1.165, 1.54) is 12.1 Å². The molecule has 0 spiro atoms. The number of aromatic nitrogens is 3. The predicted octanol–water partition coefficient (Wildman–Crippen LogP) is 1.77. The Labute approximate surface area is 135 Å². The maximum absolute atomic E-state index is 13.9. The molecule has 1 aromatic carbocycles. The molecule has 0 unspecified atom stereocenters. The van der Waals surface area contributed by atoms with Crippen molar-refractivity contribution in [2.45, 2.75) is 37.8 Å². The molecule has 0 aliphatic carbocycles. The van der Waals surface area contributed by atoms with Gasteiger partial charge in [-0.1, -0.05) is 13.0 Å². The van der Waals surface area contributed by atoms with Gasteiger partial charge in [-0.2, -0.15) is 0 Å². The van der Waals surface area contributed by atoms with Crippen molar-refractivity contribution < 1.29 is 12.8 Å². The van der Waals surface area contributed by atoms with E-state index in [2.05, 4.69) is 15.5 Å². The highest BCUT2D eigenvalue weighted by Gasteiger charge is 2.16. The molecule has 0 aliphatic heterocycles. The van der Waals surface area contributed by atoms with E-state index in [0.717, 1.165) is 24.3 Å². The highest BCUT2D eigenvalue weighted by atomic mass is 32.2. The van der Waals surface area contributed by atoms with Gasteiger partial charge in [-0.25, -0.2) is 12.8 Å². The Balaban J connectivity index is 2.10. The van der Waals surface area contributed by atoms with Crippen molar-refractivity contribution in [1.82, 2.24) is 20.1 Å². The highest BCUT2D eigenvalue weighted by molar-refractivity contribution is 7.90. The van der Waals surface area contributed by atoms with Crippen molar-refractivity contribution >= 4 is 9.84 Å². The summed E-state index contributed by atoms with van der Waals surface area (Å²) in [5.41, 5.74) is 0.674. The number of hydrogen-bond donors (Lipinski definition) is 1. The second-order valence-corrected chi connectivity index (χ2v) is 7.49. The molecular formula is C15H21FN4O2S. The van der Waals surface area contributed by atoms with Gasteiger partial charge >= 0.3 is 0 Å². The number of aryl methyl sites for hydroxylation is 1. The van der Waals surface area contributed by atoms with Crippen LogP contribution < -0.4 is 5.32 Å². The van der Waals surface area contributed by atoms with Crippen LogP contribution >= 0.6 is 0 Å². The highest BCUT2D eigenvalue weighted by Crippen LogP contribution is 2.20. The number of hydrogen-bond acceptors (Lipinski definition) is 5. The Hall–Kier alpha value is -1.80. The molecule has 1 aromatic heterocycles. The Morgan fingerprint density at radius 3 is 2.48 bits per heavy atom. The molecule has 0 radical (unpaired) electrons. The van der Waals surface area contributed by atoms with E-state index < -0.39 is 15.7 Å². The van der Waals surface area contributed by atoms with Crippen LogP contribution in [0.2, 0.25) is 0 Å². The van der Waals surface area contributed by atoms with Crippen LogP contribution in [0, 0.1) is 5.82 Å². The molecule has 1 heterocycles. The number of nitrogens with zero attached hydrogens (tertiary/aromatic N) is 3. The first-order chi connectivity index (χ1) is 10.7. The first-order valence-electron chi connectivity index (χ1n) is 7.34. The summed E-state index contributed by atoms with van der Waals surface area (Å²) < 4.78 is 38.8. The summed E-state index contributed by atoms with van der Waals surface area (Å²) in [5.74, 6) is 0.963. The summed E-state index contributed by atoms with van der Waals surface area (Å²) in [6.07, 6.45) is 1.80. The largest absolute Gasteiger partial charge is 0.317 e. The third-order valence-corrected chi connectivity index (χ3v) is 4.92. The second-order valence-electron chi connectivity index (χ2n) is 5.51. The standard InChI is InChI=1S/C15H21FN4O2S/c1-5-14-18-19-15(20(14)3)9-17-10(2)11-6-7-13(12(16)8-11)23(4,21)22/h6-8,10,17H,5,9H2,1-4H3/t10-/m0/s1. The normalized spacial score (nSPS) is 13.3. The monoisotopic (exact) mass is 340 g/mol. The third kappa shape index (κ3) is 3.94. The zero-order chi connectivity index (χ0) is 17.2. The lowest BCUT2D eigenvalue weighted by Crippen LogP contribution is -2.20. The lowest BCUT2D eigenvalue weighted by Gasteiger charge is -2.15. The minimum absolute atomic E-state index is 0.153. The second kappa shape index (κ2) is 6.76. The predicted molar refractivity (Wildman–Crippen MR) is 85.1 cm³/mol. The zero-order valence-corrected chi connectivity index (χ0v) is 14.5. The van der Waals surface area contributed by atoms with Gasteiger partial charge in [0, 0.05) is 25.8 Å². The Bertz CT molecular complexity index is 802. The van der Waals surface area contributed by atoms with E-state index in [0.29, 0.717) is 12.1 Å². The van der Waals surface area contributed by atoms with Crippen molar-refractivity contribution in [3.63, 3.8) is 0 Å². The summed E-state index contributed by atoms with van der Waals surface area (Å²) in [7, 11) is -1.65. The van der Waals surface area contributed by atoms with Crippen molar-refractivity contribution in [3.8, 4) is 0 Å². The van der Waals surface area contributed by atoms with Crippen LogP contribution in [-0.4, -0.2) is 29.4 Å². The molecule has 2 aromatic rings. The molecular weight excluding hydrogens is 319 g/mol. The summed E-state index contributed by atoms with van der Waals surface area (Å²) in [4.78, 5) is -0.283. The first-order valence-corrected chi connectivity index (χ1v) is 9.23. The van der Waals surface area contributed by atoms with Crippen LogP contribution in [0.25, 0.3) is 0 Å². The lowest BCUT2D eigenvalue weighted by molar-refractivity contribution is 0.535. The van der Waals surface area contributed by atoms with Crippen LogP contribution in [0.4, 0.5) is 4.39 Å². The van der Waals surface area contributed by atoms with Crippen molar-refractivity contribution in [2.24, 2.45) is 7.05 Å². The van der Waals surface area contributed by atoms with Crippen molar-refractivity contribution in [2.75, 3.05) is 6.26 Å². The average Bonchev–Trinajstić information content (AvgIpc) is 2.83. The first kappa shape index (κ1) is 17.6. The fraction of sp³-hybridized carbons (Fsp3) is 0.467. The number of nitrogens with one attached hydrogen (secondary N) is 1. The summed E-state index contributed by atoms with van der Waals surface area (Å²) in [6.45, 7) is 4.38. The number of benzene rings is 1. The molecule has 0 saturated carbocycles. The summed E-state index contributed by atoms with van der Waals surface area (Å²) in [6, 6.07) is 4.02. The van der Waals surface area contributed by atoms with E-state index in [1.54, 1.807) is 6.07 Å². The van der Waals surface area contributed by atoms with Gasteiger partial charge in [0.05, 0.1) is 6.54 Å². The summed E-state index contributed by atoms with van der Waals surface area (Å²) in [5, 5.41) is 11.4. The Morgan fingerprint density at radius 1 is 1.30 bits per heavy atom. The Morgan fingerprint density at radius 2 is 1.96 bits per heavy atom. The molecule has 0 fully saturated rings. The fourth-order valence-corrected chi connectivity index (χ4v) is 3.04. The molecule has 23 heavy (non-hydrogen) atoms. The van der Waals surface area contributed by atoms with Crippen molar-refractivity contribution in [3.05, 3.63) is 41.2 Å². The quantitative estimate of drug-likeness (QED) is 0.867. The number of rotatable bonds is 6. The number of halogens is 1. The van der Waals surface area contributed by atoms with Gasteiger partial charge in [0.2, 0.25) is 0 Å². The van der Waals surface area contributed by atoms with E-state index in [-0.39, 0.29) is 10.9 Å². The van der Waals surface area contributed by atoms with Crippen molar-refractivity contribution in [1.29, 1.82) is 0 Å². The number of sulfone groups is 1. The van der Waals surface area contributed by atoms with E-state index in [9.17, 15) is 12.8 Å². The molecule has 6 nitrogen and oxygen atoms in total. The van der Waals surface area contributed by atoms with Gasteiger partial charge in [-0.05, 0) is 24.6 Å². The van der Waals surface area contributed by atoms with Gasteiger partial charge < -0.3 is 9.88 Å². The maximum Gasteiger partial charge on any atom is 0.178 e. The zero-order valence-electron chi connectivity index (χ0n) is 13.7. The van der Waals surface area contributed by atoms with Gasteiger partial charge in [0.15, 0.2) is 9.84 Å². The SMILES string of the molecule is CCc1nnc(CN[C@@H](C)c2ccc(S(C)(=O)=O)c(F)c2)n1C. The third-order valence-electron chi connectivity index (χ3n) is 3.79.